The minimum atomic E-state index is -1.12. The minimum Gasteiger partial charge on any atom is -0.478 e. The van der Waals surface area contributed by atoms with Crippen LogP contribution in [0.15, 0.2) is 52.3 Å². The molecule has 0 radical (unpaired) electrons. The molecule has 0 aliphatic heterocycles. The molecule has 0 aliphatic rings. The Bertz CT molecular complexity index is 973. The number of hydrogen-bond acceptors (Lipinski definition) is 4. The Morgan fingerprint density at radius 3 is 2.77 bits per heavy atom. The van der Waals surface area contributed by atoms with Crippen molar-refractivity contribution in [2.75, 3.05) is 0 Å². The van der Waals surface area contributed by atoms with Crippen molar-refractivity contribution >= 4 is 16.9 Å². The van der Waals surface area contributed by atoms with Gasteiger partial charge in [-0.2, -0.15) is 0 Å². The molecule has 0 spiro atoms. The number of benzene rings is 1. The zero-order chi connectivity index (χ0) is 15.7. The molecule has 110 valence electrons. The van der Waals surface area contributed by atoms with E-state index >= 15 is 0 Å². The molecule has 0 saturated heterocycles. The lowest BCUT2D eigenvalue weighted by molar-refractivity contribution is 0.0697. The number of pyridine rings is 1. The molecule has 0 aliphatic carbocycles. The average molecular weight is 297 g/mol. The molecule has 0 atom stereocenters. The van der Waals surface area contributed by atoms with Crippen molar-refractivity contribution in [2.45, 2.75) is 6.54 Å². The number of aromatic amines is 1. The third-order valence-electron chi connectivity index (χ3n) is 3.29. The van der Waals surface area contributed by atoms with Gasteiger partial charge in [0, 0.05) is 12.4 Å². The molecule has 0 bridgehead atoms. The maximum atomic E-state index is 12.4. The van der Waals surface area contributed by atoms with Crippen LogP contribution in [0.4, 0.5) is 0 Å². The van der Waals surface area contributed by atoms with E-state index in [4.69, 9.17) is 5.11 Å². The summed E-state index contributed by atoms with van der Waals surface area (Å²) in [7, 11) is 0. The summed E-state index contributed by atoms with van der Waals surface area (Å²) in [5, 5.41) is 9.21. The quantitative estimate of drug-likeness (QED) is 0.745. The van der Waals surface area contributed by atoms with Crippen LogP contribution in [-0.2, 0) is 6.54 Å². The number of hydrogen-bond donors (Lipinski definition) is 2. The topological polar surface area (TPSA) is 105 Å². The van der Waals surface area contributed by atoms with Crippen LogP contribution >= 0.6 is 0 Å². The van der Waals surface area contributed by atoms with E-state index in [1.165, 1.54) is 18.2 Å². The third kappa shape index (κ3) is 2.39. The van der Waals surface area contributed by atoms with E-state index in [0.29, 0.717) is 0 Å². The highest BCUT2D eigenvalue weighted by Gasteiger charge is 2.11. The van der Waals surface area contributed by atoms with Crippen LogP contribution < -0.4 is 11.2 Å². The largest absolute Gasteiger partial charge is 0.478 e. The molecule has 3 rings (SSSR count). The van der Waals surface area contributed by atoms with Crippen molar-refractivity contribution in [3.05, 3.63) is 74.7 Å². The lowest BCUT2D eigenvalue weighted by Crippen LogP contribution is -2.35. The minimum absolute atomic E-state index is 0.00700. The molecule has 0 fully saturated rings. The number of H-pyrrole nitrogens is 1. The first-order chi connectivity index (χ1) is 10.6. The summed E-state index contributed by atoms with van der Waals surface area (Å²) in [6.45, 7) is 0.0959. The average Bonchev–Trinajstić information content (AvgIpc) is 2.52. The first kappa shape index (κ1) is 13.7. The monoisotopic (exact) mass is 297 g/mol. The highest BCUT2D eigenvalue weighted by molar-refractivity contribution is 5.92. The Morgan fingerprint density at radius 2 is 2.09 bits per heavy atom. The Kier molecular flexibility index (Phi) is 3.30. The van der Waals surface area contributed by atoms with Gasteiger partial charge in [-0.1, -0.05) is 6.07 Å². The van der Waals surface area contributed by atoms with Crippen molar-refractivity contribution in [3.63, 3.8) is 0 Å². The highest BCUT2D eigenvalue weighted by Crippen LogP contribution is 2.09. The molecule has 0 unspecified atom stereocenters. The Labute approximate surface area is 123 Å². The second kappa shape index (κ2) is 5.28. The second-order valence-electron chi connectivity index (χ2n) is 4.75. The molecular weight excluding hydrogens is 286 g/mol. The van der Waals surface area contributed by atoms with Crippen LogP contribution in [0, 0.1) is 0 Å². The first-order valence-electron chi connectivity index (χ1n) is 6.45. The van der Waals surface area contributed by atoms with Gasteiger partial charge in [0.2, 0.25) is 0 Å². The van der Waals surface area contributed by atoms with Crippen LogP contribution in [0.2, 0.25) is 0 Å². The van der Waals surface area contributed by atoms with Gasteiger partial charge in [0.05, 0.1) is 23.0 Å². The number of nitrogens with one attached hydrogen (secondary N) is 1. The smallest absolute Gasteiger partial charge is 0.335 e. The maximum Gasteiger partial charge on any atom is 0.335 e. The van der Waals surface area contributed by atoms with E-state index in [1.54, 1.807) is 24.5 Å². The number of carboxylic acid groups (broad SMARTS) is 1. The molecule has 7 nitrogen and oxygen atoms in total. The second-order valence-corrected chi connectivity index (χ2v) is 4.75. The van der Waals surface area contributed by atoms with Gasteiger partial charge < -0.3 is 10.1 Å². The molecule has 2 aromatic heterocycles. The van der Waals surface area contributed by atoms with Gasteiger partial charge in [-0.3, -0.25) is 14.3 Å². The van der Waals surface area contributed by atoms with Crippen LogP contribution in [0.1, 0.15) is 15.9 Å². The fraction of sp³-hybridized carbons (Fsp3) is 0.0667. The van der Waals surface area contributed by atoms with Crippen molar-refractivity contribution in [1.82, 2.24) is 14.5 Å². The normalized spacial score (nSPS) is 10.7. The number of aromatic carboxylic acids is 1. The van der Waals surface area contributed by atoms with Crippen LogP contribution in [0.25, 0.3) is 10.9 Å². The molecule has 1 aromatic carbocycles. The fourth-order valence-corrected chi connectivity index (χ4v) is 2.21. The molecule has 0 amide bonds. The summed E-state index contributed by atoms with van der Waals surface area (Å²) < 4.78 is 1.06. The van der Waals surface area contributed by atoms with E-state index < -0.39 is 17.2 Å². The highest BCUT2D eigenvalue weighted by atomic mass is 16.4. The zero-order valence-corrected chi connectivity index (χ0v) is 11.3. The SMILES string of the molecule is O=C(O)c1ccc2c(=O)n(Cc3cccnc3)c(=O)[nH]c2c1. The maximum absolute atomic E-state index is 12.4. The van der Waals surface area contributed by atoms with Crippen LogP contribution in [0.5, 0.6) is 0 Å². The number of nitrogens with zero attached hydrogens (tertiary/aromatic N) is 2. The van der Waals surface area contributed by atoms with Crippen molar-refractivity contribution in [1.29, 1.82) is 0 Å². The molecule has 22 heavy (non-hydrogen) atoms. The van der Waals surface area contributed by atoms with Crippen LogP contribution in [-0.4, -0.2) is 25.6 Å². The Hall–Kier alpha value is -3.22. The van der Waals surface area contributed by atoms with E-state index in [1.807, 2.05) is 0 Å². The zero-order valence-electron chi connectivity index (χ0n) is 11.3. The molecule has 3 aromatic rings. The van der Waals surface area contributed by atoms with Crippen LogP contribution in [0.3, 0.4) is 0 Å². The van der Waals surface area contributed by atoms with Crippen molar-refractivity contribution in [2.24, 2.45) is 0 Å². The Balaban J connectivity index is 2.17. The summed E-state index contributed by atoms with van der Waals surface area (Å²) in [6, 6.07) is 7.48. The number of rotatable bonds is 3. The van der Waals surface area contributed by atoms with Gasteiger partial charge in [0.15, 0.2) is 0 Å². The summed E-state index contributed by atoms with van der Waals surface area (Å²) >= 11 is 0. The van der Waals surface area contributed by atoms with Crippen molar-refractivity contribution in [3.8, 4) is 0 Å². The predicted molar refractivity (Wildman–Crippen MR) is 79.1 cm³/mol. The molecule has 0 saturated carbocycles. The summed E-state index contributed by atoms with van der Waals surface area (Å²) in [5.74, 6) is -1.12. The number of fused-ring (bicyclic) bond motifs is 1. The third-order valence-corrected chi connectivity index (χ3v) is 3.29. The van der Waals surface area contributed by atoms with E-state index in [2.05, 4.69) is 9.97 Å². The number of aromatic nitrogens is 3. The lowest BCUT2D eigenvalue weighted by atomic mass is 10.1. The van der Waals surface area contributed by atoms with Gasteiger partial charge in [0.1, 0.15) is 0 Å². The molecular formula is C15H11N3O4. The Morgan fingerprint density at radius 1 is 1.27 bits per heavy atom. The van der Waals surface area contributed by atoms with Gasteiger partial charge in [-0.25, -0.2) is 9.59 Å². The van der Waals surface area contributed by atoms with E-state index in [9.17, 15) is 14.4 Å². The van der Waals surface area contributed by atoms with E-state index in [-0.39, 0.29) is 23.0 Å². The molecule has 2 heterocycles. The van der Waals surface area contributed by atoms with Gasteiger partial charge in [0.25, 0.3) is 5.56 Å². The number of carbonyl (C=O) groups is 1. The summed E-state index contributed by atoms with van der Waals surface area (Å²) in [6.07, 6.45) is 3.17. The number of carboxylic acids is 1. The molecule has 2 N–H and O–H groups in total. The van der Waals surface area contributed by atoms with E-state index in [0.717, 1.165) is 10.1 Å². The van der Waals surface area contributed by atoms with Gasteiger partial charge in [-0.15, -0.1) is 0 Å². The molecule has 7 heteroatoms. The first-order valence-corrected chi connectivity index (χ1v) is 6.45. The summed E-state index contributed by atoms with van der Waals surface area (Å²) in [4.78, 5) is 41.9. The van der Waals surface area contributed by atoms with Gasteiger partial charge >= 0.3 is 11.7 Å². The fourth-order valence-electron chi connectivity index (χ4n) is 2.21. The lowest BCUT2D eigenvalue weighted by Gasteiger charge is -2.06. The van der Waals surface area contributed by atoms with Gasteiger partial charge in [-0.05, 0) is 29.8 Å². The summed E-state index contributed by atoms with van der Waals surface area (Å²) in [5.41, 5.74) is -0.134. The predicted octanol–water partition coefficient (Wildman–Crippen LogP) is 0.831. The van der Waals surface area contributed by atoms with Crippen molar-refractivity contribution < 1.29 is 9.90 Å². The standard InChI is InChI=1S/C15H11N3O4/c19-13-11-4-3-10(14(20)21)6-12(11)17-15(22)18(13)8-9-2-1-5-16-7-9/h1-7H,8H2,(H,17,22)(H,20,21).